The molecule has 0 fully saturated rings. The lowest BCUT2D eigenvalue weighted by atomic mass is 10.0. The van der Waals surface area contributed by atoms with E-state index in [1.165, 1.54) is 103 Å². The third-order valence-corrected chi connectivity index (χ3v) is 6.04. The molecule has 0 aromatic carbocycles. The molecule has 0 aliphatic rings. The van der Waals surface area contributed by atoms with Crippen molar-refractivity contribution in [3.05, 3.63) is 25.3 Å². The molecule has 0 amide bonds. The summed E-state index contributed by atoms with van der Waals surface area (Å²) in [5.74, 6) is 0.411. The fourth-order valence-corrected chi connectivity index (χ4v) is 4.08. The molecule has 0 N–H and O–H groups in total. The molecule has 0 rings (SSSR count). The average Bonchev–Trinajstić information content (AvgIpc) is 2.74. The highest BCUT2D eigenvalue weighted by molar-refractivity contribution is 5.78. The molecule has 0 atom stereocenters. The first-order valence-electron chi connectivity index (χ1n) is 13.2. The van der Waals surface area contributed by atoms with Gasteiger partial charge < -0.3 is 0 Å². The second kappa shape index (κ2) is 24.4. The van der Waals surface area contributed by atoms with Crippen molar-refractivity contribution < 1.29 is 4.79 Å². The SMILES string of the molecule is C=CCN(CC=C)CCC(=O)CCCCCCCCCCCCCCCCCCC. The number of unbranched alkanes of at least 4 members (excludes halogenated alkanes) is 16. The number of ketones is 1. The molecule has 2 nitrogen and oxygen atoms in total. The van der Waals surface area contributed by atoms with E-state index in [1.54, 1.807) is 0 Å². The van der Waals surface area contributed by atoms with Crippen molar-refractivity contribution >= 4 is 5.78 Å². The number of carbonyl (C=O) groups is 1. The van der Waals surface area contributed by atoms with Crippen molar-refractivity contribution in [2.24, 2.45) is 0 Å². The summed E-state index contributed by atoms with van der Waals surface area (Å²) < 4.78 is 0. The standard InChI is InChI=1S/C28H53NO/c1-4-7-8-9-10-11-12-13-14-15-16-17-18-19-20-21-22-23-28(30)24-27-29(25-5-2)26-6-3/h5-6H,2-4,7-27H2,1H3. The van der Waals surface area contributed by atoms with Gasteiger partial charge in [0.1, 0.15) is 5.78 Å². The van der Waals surface area contributed by atoms with Crippen molar-refractivity contribution in [3.63, 3.8) is 0 Å². The number of carbonyl (C=O) groups excluding carboxylic acids is 1. The number of hydrogen-bond donors (Lipinski definition) is 0. The molecule has 0 aromatic rings. The Balaban J connectivity index is 3.27. The van der Waals surface area contributed by atoms with Crippen molar-refractivity contribution in [3.8, 4) is 0 Å². The van der Waals surface area contributed by atoms with E-state index in [9.17, 15) is 4.79 Å². The maximum absolute atomic E-state index is 12.0. The fourth-order valence-electron chi connectivity index (χ4n) is 4.08. The van der Waals surface area contributed by atoms with Crippen LogP contribution in [-0.2, 0) is 4.79 Å². The van der Waals surface area contributed by atoms with Gasteiger partial charge in [0.05, 0.1) is 0 Å². The molecule has 176 valence electrons. The molecular formula is C28H53NO. The predicted molar refractivity (Wildman–Crippen MR) is 135 cm³/mol. The highest BCUT2D eigenvalue weighted by atomic mass is 16.1. The van der Waals surface area contributed by atoms with Crippen LogP contribution in [0.25, 0.3) is 0 Å². The van der Waals surface area contributed by atoms with Crippen LogP contribution in [0.5, 0.6) is 0 Å². The van der Waals surface area contributed by atoms with E-state index in [4.69, 9.17) is 0 Å². The van der Waals surface area contributed by atoms with Crippen LogP contribution in [0, 0.1) is 0 Å². The number of hydrogen-bond acceptors (Lipinski definition) is 2. The van der Waals surface area contributed by atoms with Crippen LogP contribution in [0.1, 0.15) is 129 Å². The third-order valence-electron chi connectivity index (χ3n) is 6.04. The highest BCUT2D eigenvalue weighted by Gasteiger charge is 2.06. The first kappa shape index (κ1) is 29.1. The van der Waals surface area contributed by atoms with Gasteiger partial charge in [0.25, 0.3) is 0 Å². The van der Waals surface area contributed by atoms with Gasteiger partial charge in [0.2, 0.25) is 0 Å². The largest absolute Gasteiger partial charge is 0.300 e. The van der Waals surface area contributed by atoms with Gasteiger partial charge >= 0.3 is 0 Å². The molecule has 0 aliphatic carbocycles. The van der Waals surface area contributed by atoms with E-state index >= 15 is 0 Å². The highest BCUT2D eigenvalue weighted by Crippen LogP contribution is 2.14. The van der Waals surface area contributed by atoms with Gasteiger partial charge in [-0.1, -0.05) is 122 Å². The van der Waals surface area contributed by atoms with Crippen LogP contribution >= 0.6 is 0 Å². The summed E-state index contributed by atoms with van der Waals surface area (Å²) in [4.78, 5) is 14.3. The summed E-state index contributed by atoms with van der Waals surface area (Å²) >= 11 is 0. The van der Waals surface area contributed by atoms with E-state index < -0.39 is 0 Å². The Bertz CT molecular complexity index is 380. The van der Waals surface area contributed by atoms with Gasteiger partial charge in [0, 0.05) is 32.5 Å². The van der Waals surface area contributed by atoms with E-state index in [0.717, 1.165) is 32.5 Å². The Morgan fingerprint density at radius 3 is 1.33 bits per heavy atom. The molecule has 0 saturated carbocycles. The summed E-state index contributed by atoms with van der Waals surface area (Å²) in [6.45, 7) is 12.3. The van der Waals surface area contributed by atoms with E-state index in [2.05, 4.69) is 25.0 Å². The molecule has 0 heterocycles. The van der Waals surface area contributed by atoms with Crippen molar-refractivity contribution in [2.45, 2.75) is 129 Å². The molecule has 0 aromatic heterocycles. The Kier molecular flexibility index (Phi) is 23.7. The van der Waals surface area contributed by atoms with Gasteiger partial charge in [0.15, 0.2) is 0 Å². The Morgan fingerprint density at radius 2 is 0.967 bits per heavy atom. The van der Waals surface area contributed by atoms with Gasteiger partial charge in [-0.25, -0.2) is 0 Å². The van der Waals surface area contributed by atoms with Crippen LogP contribution in [0.2, 0.25) is 0 Å². The maximum Gasteiger partial charge on any atom is 0.134 e. The van der Waals surface area contributed by atoms with Crippen LogP contribution in [0.15, 0.2) is 25.3 Å². The normalized spacial score (nSPS) is 11.1. The Hall–Kier alpha value is -0.890. The second-order valence-corrected chi connectivity index (χ2v) is 9.03. The lowest BCUT2D eigenvalue weighted by molar-refractivity contribution is -0.119. The Morgan fingerprint density at radius 1 is 0.600 bits per heavy atom. The molecular weight excluding hydrogens is 366 g/mol. The zero-order valence-electron chi connectivity index (χ0n) is 20.5. The minimum absolute atomic E-state index is 0.411. The minimum atomic E-state index is 0.411. The maximum atomic E-state index is 12.0. The van der Waals surface area contributed by atoms with Crippen molar-refractivity contribution in [1.29, 1.82) is 0 Å². The summed E-state index contributed by atoms with van der Waals surface area (Å²) in [6, 6.07) is 0. The quantitative estimate of drug-likeness (QED) is 0.109. The first-order valence-corrected chi connectivity index (χ1v) is 13.2. The Labute approximate surface area is 189 Å². The number of rotatable bonds is 25. The second-order valence-electron chi connectivity index (χ2n) is 9.03. The van der Waals surface area contributed by atoms with Crippen LogP contribution < -0.4 is 0 Å². The first-order chi connectivity index (χ1) is 14.7. The lowest BCUT2D eigenvalue weighted by Gasteiger charge is -2.17. The molecule has 0 bridgehead atoms. The topological polar surface area (TPSA) is 20.3 Å². The summed E-state index contributed by atoms with van der Waals surface area (Å²) in [7, 11) is 0. The molecule has 0 saturated heterocycles. The summed E-state index contributed by atoms with van der Waals surface area (Å²) in [6.07, 6.45) is 28.7. The third kappa shape index (κ3) is 21.8. The zero-order valence-corrected chi connectivity index (χ0v) is 20.5. The predicted octanol–water partition coefficient (Wildman–Crippen LogP) is 8.66. The average molecular weight is 420 g/mol. The van der Waals surface area contributed by atoms with E-state index in [-0.39, 0.29) is 0 Å². The van der Waals surface area contributed by atoms with Crippen molar-refractivity contribution in [2.75, 3.05) is 19.6 Å². The van der Waals surface area contributed by atoms with Gasteiger partial charge in [-0.05, 0) is 6.42 Å². The smallest absolute Gasteiger partial charge is 0.134 e. The molecule has 30 heavy (non-hydrogen) atoms. The van der Waals surface area contributed by atoms with E-state index in [1.807, 2.05) is 12.2 Å². The monoisotopic (exact) mass is 419 g/mol. The fraction of sp³-hybridized carbons (Fsp3) is 0.821. The van der Waals surface area contributed by atoms with E-state index in [0.29, 0.717) is 12.2 Å². The zero-order chi connectivity index (χ0) is 22.1. The number of Topliss-reactive ketones (excluding diaryl/α,β-unsaturated/α-hetero) is 1. The molecule has 2 heteroatoms. The minimum Gasteiger partial charge on any atom is -0.300 e. The van der Waals surface area contributed by atoms with Gasteiger partial charge in [-0.3, -0.25) is 9.69 Å². The summed E-state index contributed by atoms with van der Waals surface area (Å²) in [5.41, 5.74) is 0. The van der Waals surface area contributed by atoms with Crippen LogP contribution in [0.3, 0.4) is 0 Å². The molecule has 0 aliphatic heterocycles. The van der Waals surface area contributed by atoms with Crippen molar-refractivity contribution in [1.82, 2.24) is 4.90 Å². The lowest BCUT2D eigenvalue weighted by Crippen LogP contribution is -2.26. The molecule has 0 spiro atoms. The van der Waals surface area contributed by atoms with Gasteiger partial charge in [-0.15, -0.1) is 13.2 Å². The number of nitrogens with zero attached hydrogens (tertiary/aromatic N) is 1. The van der Waals surface area contributed by atoms with Crippen LogP contribution in [0.4, 0.5) is 0 Å². The molecule has 0 radical (unpaired) electrons. The molecule has 0 unspecified atom stereocenters. The van der Waals surface area contributed by atoms with Crippen LogP contribution in [-0.4, -0.2) is 30.3 Å². The summed E-state index contributed by atoms with van der Waals surface area (Å²) in [5, 5.41) is 0. The van der Waals surface area contributed by atoms with Gasteiger partial charge in [-0.2, -0.15) is 0 Å².